The van der Waals surface area contributed by atoms with E-state index in [4.69, 9.17) is 18.5 Å². The first-order valence-electron chi connectivity index (χ1n) is 32.8. The molecule has 0 saturated heterocycles. The normalized spacial score (nSPS) is 14.3. The van der Waals surface area contributed by atoms with Crippen LogP contribution in [0.1, 0.15) is 232 Å². The Kier molecular flexibility index (Phi) is 59.4. The van der Waals surface area contributed by atoms with Crippen molar-refractivity contribution in [3.63, 3.8) is 0 Å². The van der Waals surface area contributed by atoms with Crippen LogP contribution in [0, 0.1) is 0 Å². The molecule has 0 radical (unpaired) electrons. The molecule has 10 heteroatoms. The van der Waals surface area contributed by atoms with Gasteiger partial charge in [0.25, 0.3) is 7.82 Å². The number of esters is 2. The molecule has 0 spiro atoms. The number of carbonyl (C=O) groups is 2. The van der Waals surface area contributed by atoms with Crippen molar-refractivity contribution >= 4 is 19.8 Å². The maximum Gasteiger partial charge on any atom is 0.306 e. The lowest BCUT2D eigenvalue weighted by atomic mass is 10.0. The summed E-state index contributed by atoms with van der Waals surface area (Å²) in [5.74, 6) is -0.884. The van der Waals surface area contributed by atoms with Gasteiger partial charge in [0.15, 0.2) is 6.10 Å². The molecule has 0 bridgehead atoms. The van der Waals surface area contributed by atoms with Crippen LogP contribution in [0.3, 0.4) is 0 Å². The van der Waals surface area contributed by atoms with Crippen molar-refractivity contribution in [1.29, 1.82) is 0 Å². The van der Waals surface area contributed by atoms with Gasteiger partial charge in [-0.25, -0.2) is 0 Å². The summed E-state index contributed by atoms with van der Waals surface area (Å²) in [6.45, 7) is 3.95. The zero-order valence-electron chi connectivity index (χ0n) is 53.8. The number of hydrogen-bond acceptors (Lipinski definition) is 8. The number of ether oxygens (including phenoxy) is 2. The summed E-state index contributed by atoms with van der Waals surface area (Å²) in [4.78, 5) is 38.0. The molecule has 0 aliphatic heterocycles. The van der Waals surface area contributed by atoms with Gasteiger partial charge in [0.05, 0.1) is 27.7 Å². The molecule has 0 aliphatic rings. The SMILES string of the molecule is CC/C=C\C/C=C\C/C=C\C/C=C\C/C=C\C/C=C\C/C=C\CCCCCCCCCCCCCCCC(=O)OC(COC(=O)CCCCC/C=C\C/C=C\C/C=C\C/C=C\C/C=C\C/C=C\C/C=C\CC)COP(=O)([O-])OCC[N+](C)(C)C. The third-order valence-electron chi connectivity index (χ3n) is 13.2. The number of phosphoric ester groups is 1. The predicted molar refractivity (Wildman–Crippen MR) is 360 cm³/mol. The first kappa shape index (κ1) is 79.4. The molecule has 474 valence electrons. The van der Waals surface area contributed by atoms with Crippen LogP contribution in [0.15, 0.2) is 170 Å². The maximum atomic E-state index is 12.8. The van der Waals surface area contributed by atoms with Crippen LogP contribution in [0.2, 0.25) is 0 Å². The Morgan fingerprint density at radius 2 is 0.643 bits per heavy atom. The van der Waals surface area contributed by atoms with Crippen LogP contribution in [0.25, 0.3) is 0 Å². The average molecular weight is 1180 g/mol. The Morgan fingerprint density at radius 3 is 0.964 bits per heavy atom. The molecule has 0 aromatic rings. The summed E-state index contributed by atoms with van der Waals surface area (Å²) >= 11 is 0. The Morgan fingerprint density at radius 1 is 0.369 bits per heavy atom. The van der Waals surface area contributed by atoms with E-state index in [2.05, 4.69) is 184 Å². The van der Waals surface area contributed by atoms with Gasteiger partial charge in [0.1, 0.15) is 19.8 Å². The van der Waals surface area contributed by atoms with Crippen molar-refractivity contribution < 1.29 is 42.1 Å². The number of quaternary nitrogens is 1. The zero-order chi connectivity index (χ0) is 61.2. The second-order valence-electron chi connectivity index (χ2n) is 22.4. The van der Waals surface area contributed by atoms with Crippen LogP contribution >= 0.6 is 7.82 Å². The molecule has 0 aromatic carbocycles. The number of hydrogen-bond donors (Lipinski definition) is 0. The van der Waals surface area contributed by atoms with Crippen LogP contribution in [0.4, 0.5) is 0 Å². The molecule has 2 unspecified atom stereocenters. The van der Waals surface area contributed by atoms with Gasteiger partial charge in [-0.3, -0.25) is 14.2 Å². The molecule has 84 heavy (non-hydrogen) atoms. The van der Waals surface area contributed by atoms with E-state index in [1.165, 1.54) is 64.2 Å². The molecule has 0 fully saturated rings. The Bertz CT molecular complexity index is 2020. The molecule has 9 nitrogen and oxygen atoms in total. The lowest BCUT2D eigenvalue weighted by molar-refractivity contribution is -0.870. The fraction of sp³-hybridized carbons (Fsp3) is 0.595. The van der Waals surface area contributed by atoms with Gasteiger partial charge >= 0.3 is 11.9 Å². The van der Waals surface area contributed by atoms with Gasteiger partial charge in [-0.15, -0.1) is 0 Å². The average Bonchev–Trinajstić information content (AvgIpc) is 3.61. The minimum absolute atomic E-state index is 0.0459. The number of unbranched alkanes of at least 4 members (excludes halogenated alkanes) is 16. The summed E-state index contributed by atoms with van der Waals surface area (Å²) < 4.78 is 34.2. The lowest BCUT2D eigenvalue weighted by Crippen LogP contribution is -2.37. The molecular formula is C74H120NO8P. The van der Waals surface area contributed by atoms with Crippen molar-refractivity contribution in [1.82, 2.24) is 0 Å². The summed E-state index contributed by atoms with van der Waals surface area (Å²) in [6, 6.07) is 0. The standard InChI is InChI=1S/C74H120NO8P/c1-6-8-10-12-14-16-18-20-22-24-26-28-30-32-33-34-35-36-37-38-39-40-41-43-45-47-49-51-53-55-57-59-61-63-65-67-74(77)83-72(71-82-84(78,79)81-69-68-75(3,4)5)70-80-73(76)66-64-62-60-58-56-54-52-50-48-46-44-42-31-29-27-25-23-21-19-17-15-13-11-9-7-2/h8-11,14-17,20-23,26-29,32-33,35-36,38-39,42,44,48,50,54,56,72H,6-7,12-13,18-19,24-25,30-31,34,37,40-41,43,45-47,49,51-53,55,57-71H2,1-5H3/b10-8-,11-9-,16-14-,17-15-,22-20-,23-21-,28-26-,29-27-,33-32-,36-35-,39-38-,44-42-,50-48-,56-54-. The number of rotatable bonds is 58. The summed E-state index contributed by atoms with van der Waals surface area (Å²) in [5.41, 5.74) is 0. The van der Waals surface area contributed by atoms with Crippen LogP contribution < -0.4 is 4.89 Å². The smallest absolute Gasteiger partial charge is 0.306 e. The Labute approximate surface area is 515 Å². The van der Waals surface area contributed by atoms with E-state index in [1.807, 2.05) is 21.1 Å². The van der Waals surface area contributed by atoms with Gasteiger partial charge in [-0.2, -0.15) is 0 Å². The van der Waals surface area contributed by atoms with Crippen LogP contribution in [-0.2, 0) is 32.7 Å². The lowest BCUT2D eigenvalue weighted by Gasteiger charge is -2.28. The Balaban J connectivity index is 4.18. The molecular weight excluding hydrogens is 1060 g/mol. The third kappa shape index (κ3) is 66.5. The minimum Gasteiger partial charge on any atom is -0.756 e. The van der Waals surface area contributed by atoms with Crippen molar-refractivity contribution in [2.45, 2.75) is 238 Å². The van der Waals surface area contributed by atoms with Gasteiger partial charge < -0.3 is 27.9 Å². The van der Waals surface area contributed by atoms with Crippen molar-refractivity contribution in [2.75, 3.05) is 47.5 Å². The zero-order valence-corrected chi connectivity index (χ0v) is 54.7. The van der Waals surface area contributed by atoms with Crippen LogP contribution in [-0.4, -0.2) is 70.0 Å². The van der Waals surface area contributed by atoms with Gasteiger partial charge in [-0.05, 0) is 128 Å². The number of allylic oxidation sites excluding steroid dienone is 28. The molecule has 0 N–H and O–H groups in total. The molecule has 0 saturated carbocycles. The maximum absolute atomic E-state index is 12.8. The predicted octanol–water partition coefficient (Wildman–Crippen LogP) is 20.7. The molecule has 0 rings (SSSR count). The topological polar surface area (TPSA) is 111 Å². The molecule has 2 atom stereocenters. The summed E-state index contributed by atoms with van der Waals surface area (Å²) in [7, 11) is 1.12. The number of carbonyl (C=O) groups excluding carboxylic acids is 2. The summed E-state index contributed by atoms with van der Waals surface area (Å²) in [5, 5.41) is 0. The van der Waals surface area contributed by atoms with Crippen LogP contribution in [0.5, 0.6) is 0 Å². The monoisotopic (exact) mass is 1180 g/mol. The van der Waals surface area contributed by atoms with Crippen molar-refractivity contribution in [2.24, 2.45) is 0 Å². The second-order valence-corrected chi connectivity index (χ2v) is 23.8. The molecule has 0 aromatic heterocycles. The first-order valence-corrected chi connectivity index (χ1v) is 34.3. The molecule has 0 aliphatic carbocycles. The van der Waals surface area contributed by atoms with E-state index >= 15 is 0 Å². The highest BCUT2D eigenvalue weighted by Crippen LogP contribution is 2.38. The fourth-order valence-corrected chi connectivity index (χ4v) is 8.99. The minimum atomic E-state index is -4.66. The summed E-state index contributed by atoms with van der Waals surface area (Å²) in [6.07, 6.45) is 95.6. The quantitative estimate of drug-likeness (QED) is 0.0195. The number of nitrogens with zero attached hydrogens (tertiary/aromatic N) is 1. The number of likely N-dealkylation sites (N-methyl/N-ethyl adjacent to an activating group) is 1. The van der Waals surface area contributed by atoms with E-state index in [-0.39, 0.29) is 26.1 Å². The second kappa shape index (κ2) is 62.9. The van der Waals surface area contributed by atoms with Gasteiger partial charge in [0.2, 0.25) is 0 Å². The first-order chi connectivity index (χ1) is 41.0. The van der Waals surface area contributed by atoms with E-state index in [0.29, 0.717) is 23.9 Å². The number of phosphoric acid groups is 1. The Hall–Kier alpha value is -4.63. The van der Waals surface area contributed by atoms with Gasteiger partial charge in [0, 0.05) is 12.8 Å². The highest BCUT2D eigenvalue weighted by Gasteiger charge is 2.22. The molecule has 0 amide bonds. The van der Waals surface area contributed by atoms with Crippen molar-refractivity contribution in [3.8, 4) is 0 Å². The van der Waals surface area contributed by atoms with E-state index in [1.54, 1.807) is 0 Å². The van der Waals surface area contributed by atoms with E-state index < -0.39 is 32.5 Å². The van der Waals surface area contributed by atoms with E-state index in [0.717, 1.165) is 128 Å². The highest BCUT2D eigenvalue weighted by atomic mass is 31.2. The van der Waals surface area contributed by atoms with Gasteiger partial charge in [-0.1, -0.05) is 261 Å². The van der Waals surface area contributed by atoms with E-state index in [9.17, 15) is 19.0 Å². The third-order valence-corrected chi connectivity index (χ3v) is 14.2. The molecule has 0 heterocycles. The highest BCUT2D eigenvalue weighted by molar-refractivity contribution is 7.45. The fourth-order valence-electron chi connectivity index (χ4n) is 8.26. The largest absolute Gasteiger partial charge is 0.756 e. The van der Waals surface area contributed by atoms with Crippen molar-refractivity contribution in [3.05, 3.63) is 170 Å².